The van der Waals surface area contributed by atoms with Gasteiger partial charge >= 0.3 is 0 Å². The highest BCUT2D eigenvalue weighted by atomic mass is 15.2. The van der Waals surface area contributed by atoms with Crippen molar-refractivity contribution in [3.05, 3.63) is 23.9 Å². The Morgan fingerprint density at radius 1 is 1.25 bits per heavy atom. The first-order valence-electron chi connectivity index (χ1n) is 6.25. The van der Waals surface area contributed by atoms with Crippen molar-refractivity contribution in [3.8, 4) is 0 Å². The van der Waals surface area contributed by atoms with Crippen molar-refractivity contribution in [1.29, 1.82) is 0 Å². The zero-order chi connectivity index (χ0) is 11.2. The maximum atomic E-state index is 4.72. The highest BCUT2D eigenvalue weighted by Gasteiger charge is 2.11. The summed E-state index contributed by atoms with van der Waals surface area (Å²) in [6, 6.07) is 6.38. The van der Waals surface area contributed by atoms with Crippen molar-refractivity contribution < 1.29 is 0 Å². The molecule has 0 aromatic carbocycles. The SMILES string of the molecule is CNCCc1cccc(N2CCCCC2)n1. The Hall–Kier alpha value is -1.09. The van der Waals surface area contributed by atoms with Gasteiger partial charge in [0.1, 0.15) is 5.82 Å². The zero-order valence-electron chi connectivity index (χ0n) is 10.1. The van der Waals surface area contributed by atoms with E-state index in [0.29, 0.717) is 0 Å². The lowest BCUT2D eigenvalue weighted by atomic mass is 10.1. The van der Waals surface area contributed by atoms with E-state index in [0.717, 1.165) is 18.8 Å². The molecular weight excluding hydrogens is 198 g/mol. The largest absolute Gasteiger partial charge is 0.357 e. The Morgan fingerprint density at radius 2 is 2.06 bits per heavy atom. The van der Waals surface area contributed by atoms with E-state index in [4.69, 9.17) is 4.98 Å². The second kappa shape index (κ2) is 5.85. The van der Waals surface area contributed by atoms with Crippen LogP contribution < -0.4 is 10.2 Å². The van der Waals surface area contributed by atoms with E-state index in [-0.39, 0.29) is 0 Å². The van der Waals surface area contributed by atoms with Crippen molar-refractivity contribution >= 4 is 5.82 Å². The van der Waals surface area contributed by atoms with E-state index >= 15 is 0 Å². The van der Waals surface area contributed by atoms with Crippen LogP contribution in [0.3, 0.4) is 0 Å². The van der Waals surface area contributed by atoms with Gasteiger partial charge in [0.05, 0.1) is 0 Å². The van der Waals surface area contributed by atoms with Gasteiger partial charge in [-0.15, -0.1) is 0 Å². The first-order chi connectivity index (χ1) is 7.90. The van der Waals surface area contributed by atoms with Crippen molar-refractivity contribution in [2.24, 2.45) is 0 Å². The van der Waals surface area contributed by atoms with Gasteiger partial charge < -0.3 is 10.2 Å². The molecule has 0 saturated carbocycles. The van der Waals surface area contributed by atoms with Crippen LogP contribution in [0.25, 0.3) is 0 Å². The van der Waals surface area contributed by atoms with Crippen molar-refractivity contribution in [1.82, 2.24) is 10.3 Å². The van der Waals surface area contributed by atoms with Crippen molar-refractivity contribution in [3.63, 3.8) is 0 Å². The van der Waals surface area contributed by atoms with Crippen LogP contribution in [0.5, 0.6) is 0 Å². The summed E-state index contributed by atoms with van der Waals surface area (Å²) in [6.45, 7) is 3.33. The van der Waals surface area contributed by atoms with E-state index < -0.39 is 0 Å². The molecule has 0 unspecified atom stereocenters. The van der Waals surface area contributed by atoms with Gasteiger partial charge in [-0.05, 0) is 38.4 Å². The predicted molar refractivity (Wildman–Crippen MR) is 67.9 cm³/mol. The molecule has 1 fully saturated rings. The van der Waals surface area contributed by atoms with Gasteiger partial charge in [0.25, 0.3) is 0 Å². The number of anilines is 1. The standard InChI is InChI=1S/C13H21N3/c1-14-9-8-12-6-5-7-13(15-12)16-10-3-2-4-11-16/h5-7,14H,2-4,8-11H2,1H3. The molecule has 0 aliphatic carbocycles. The molecule has 2 rings (SSSR count). The maximum Gasteiger partial charge on any atom is 0.128 e. The second-order valence-corrected chi connectivity index (χ2v) is 4.39. The number of hydrogen-bond acceptors (Lipinski definition) is 3. The van der Waals surface area contributed by atoms with E-state index in [1.165, 1.54) is 38.0 Å². The van der Waals surface area contributed by atoms with E-state index in [1.54, 1.807) is 0 Å². The molecule has 88 valence electrons. The molecule has 1 aliphatic heterocycles. The quantitative estimate of drug-likeness (QED) is 0.837. The number of likely N-dealkylation sites (N-methyl/N-ethyl adjacent to an activating group) is 1. The van der Waals surface area contributed by atoms with E-state index in [2.05, 4.69) is 28.4 Å². The smallest absolute Gasteiger partial charge is 0.128 e. The van der Waals surface area contributed by atoms with Crippen LogP contribution in [0, 0.1) is 0 Å². The maximum absolute atomic E-state index is 4.72. The van der Waals surface area contributed by atoms with Crippen molar-refractivity contribution in [2.75, 3.05) is 31.6 Å². The Kier molecular flexibility index (Phi) is 4.17. The van der Waals surface area contributed by atoms with Gasteiger partial charge in [0.2, 0.25) is 0 Å². The number of aromatic nitrogens is 1. The van der Waals surface area contributed by atoms with Gasteiger partial charge in [0, 0.05) is 31.7 Å². The molecule has 1 aliphatic rings. The lowest BCUT2D eigenvalue weighted by Crippen LogP contribution is -2.30. The predicted octanol–water partition coefficient (Wildman–Crippen LogP) is 1.83. The Morgan fingerprint density at radius 3 is 2.81 bits per heavy atom. The molecule has 3 heteroatoms. The van der Waals surface area contributed by atoms with Crippen LogP contribution >= 0.6 is 0 Å². The molecule has 16 heavy (non-hydrogen) atoms. The summed E-state index contributed by atoms with van der Waals surface area (Å²) >= 11 is 0. The number of rotatable bonds is 4. The normalized spacial score (nSPS) is 16.4. The average Bonchev–Trinajstić information content (AvgIpc) is 2.38. The van der Waals surface area contributed by atoms with Crippen LogP contribution in [-0.4, -0.2) is 31.7 Å². The third-order valence-electron chi connectivity index (χ3n) is 3.10. The zero-order valence-corrected chi connectivity index (χ0v) is 10.1. The summed E-state index contributed by atoms with van der Waals surface area (Å²) in [4.78, 5) is 7.13. The van der Waals surface area contributed by atoms with Crippen LogP contribution in [0.4, 0.5) is 5.82 Å². The second-order valence-electron chi connectivity index (χ2n) is 4.39. The molecule has 0 spiro atoms. The number of nitrogens with zero attached hydrogens (tertiary/aromatic N) is 2. The van der Waals surface area contributed by atoms with E-state index in [1.807, 2.05) is 7.05 Å². The number of hydrogen-bond donors (Lipinski definition) is 1. The Labute approximate surface area is 97.9 Å². The van der Waals surface area contributed by atoms with Crippen LogP contribution in [0.15, 0.2) is 18.2 Å². The van der Waals surface area contributed by atoms with Crippen LogP contribution in [-0.2, 0) is 6.42 Å². The fourth-order valence-corrected chi connectivity index (χ4v) is 2.16. The van der Waals surface area contributed by atoms with Gasteiger partial charge in [-0.3, -0.25) is 0 Å². The Balaban J connectivity index is 2.02. The third-order valence-corrected chi connectivity index (χ3v) is 3.10. The summed E-state index contributed by atoms with van der Waals surface area (Å²) < 4.78 is 0. The van der Waals surface area contributed by atoms with Crippen LogP contribution in [0.2, 0.25) is 0 Å². The fraction of sp³-hybridized carbons (Fsp3) is 0.615. The van der Waals surface area contributed by atoms with Crippen molar-refractivity contribution in [2.45, 2.75) is 25.7 Å². The molecule has 0 atom stereocenters. The Bertz CT molecular complexity index is 319. The lowest BCUT2D eigenvalue weighted by Gasteiger charge is -2.27. The van der Waals surface area contributed by atoms with Gasteiger partial charge in [-0.25, -0.2) is 4.98 Å². The topological polar surface area (TPSA) is 28.2 Å². The highest BCUT2D eigenvalue weighted by molar-refractivity contribution is 5.39. The highest BCUT2D eigenvalue weighted by Crippen LogP contribution is 2.17. The molecule has 2 heterocycles. The van der Waals surface area contributed by atoms with E-state index in [9.17, 15) is 0 Å². The monoisotopic (exact) mass is 219 g/mol. The van der Waals surface area contributed by atoms with Gasteiger partial charge in [-0.1, -0.05) is 6.07 Å². The number of nitrogens with one attached hydrogen (secondary N) is 1. The third kappa shape index (κ3) is 2.95. The molecule has 1 saturated heterocycles. The summed E-state index contributed by atoms with van der Waals surface area (Å²) in [7, 11) is 1.98. The molecular formula is C13H21N3. The molecule has 3 nitrogen and oxygen atoms in total. The molecule has 0 radical (unpaired) electrons. The first-order valence-corrected chi connectivity index (χ1v) is 6.25. The number of pyridine rings is 1. The molecule has 1 aromatic rings. The lowest BCUT2D eigenvalue weighted by molar-refractivity contribution is 0.572. The summed E-state index contributed by atoms with van der Waals surface area (Å²) in [5, 5.41) is 3.16. The molecule has 1 aromatic heterocycles. The summed E-state index contributed by atoms with van der Waals surface area (Å²) in [6.07, 6.45) is 5.00. The van der Waals surface area contributed by atoms with Gasteiger partial charge in [-0.2, -0.15) is 0 Å². The molecule has 0 bridgehead atoms. The van der Waals surface area contributed by atoms with Gasteiger partial charge in [0.15, 0.2) is 0 Å². The minimum atomic E-state index is 0.996. The van der Waals surface area contributed by atoms with Crippen LogP contribution in [0.1, 0.15) is 25.0 Å². The average molecular weight is 219 g/mol. The summed E-state index contributed by atoms with van der Waals surface area (Å²) in [5.74, 6) is 1.16. The molecule has 1 N–H and O–H groups in total. The fourth-order valence-electron chi connectivity index (χ4n) is 2.16. The number of piperidine rings is 1. The molecule has 0 amide bonds. The minimum absolute atomic E-state index is 0.996. The first kappa shape index (κ1) is 11.4. The summed E-state index contributed by atoms with van der Waals surface area (Å²) in [5.41, 5.74) is 1.19. The minimum Gasteiger partial charge on any atom is -0.357 e.